The molecule has 0 saturated heterocycles. The number of hydrogen-bond donors (Lipinski definition) is 1. The van der Waals surface area contributed by atoms with Crippen molar-refractivity contribution in [3.8, 4) is 5.75 Å². The zero-order valence-corrected chi connectivity index (χ0v) is 11.8. The normalized spacial score (nSPS) is 18.2. The van der Waals surface area contributed by atoms with Gasteiger partial charge in [0.2, 0.25) is 0 Å². The molecular formula is C16H25NO2. The van der Waals surface area contributed by atoms with Crippen LogP contribution in [0.4, 0.5) is 0 Å². The summed E-state index contributed by atoms with van der Waals surface area (Å²) in [6.07, 6.45) is 6.74. The minimum atomic E-state index is -0.0439. The molecule has 3 nitrogen and oxygen atoms in total. The van der Waals surface area contributed by atoms with Crippen molar-refractivity contribution in [2.24, 2.45) is 5.73 Å². The van der Waals surface area contributed by atoms with Crippen LogP contribution in [0.1, 0.15) is 50.6 Å². The van der Waals surface area contributed by atoms with E-state index < -0.39 is 0 Å². The van der Waals surface area contributed by atoms with Gasteiger partial charge >= 0.3 is 0 Å². The van der Waals surface area contributed by atoms with Gasteiger partial charge in [-0.2, -0.15) is 0 Å². The maximum Gasteiger partial charge on any atom is 0.119 e. The highest BCUT2D eigenvalue weighted by Gasteiger charge is 2.15. The molecule has 1 aliphatic carbocycles. The fraction of sp³-hybridized carbons (Fsp3) is 0.625. The van der Waals surface area contributed by atoms with Gasteiger partial charge in [-0.05, 0) is 37.5 Å². The summed E-state index contributed by atoms with van der Waals surface area (Å²) in [5, 5.41) is 0. The zero-order valence-electron chi connectivity index (χ0n) is 11.8. The first-order valence-corrected chi connectivity index (χ1v) is 7.39. The van der Waals surface area contributed by atoms with Gasteiger partial charge in [0.05, 0.1) is 25.4 Å². The summed E-state index contributed by atoms with van der Waals surface area (Å²) < 4.78 is 11.3. The zero-order chi connectivity index (χ0) is 13.5. The Morgan fingerprint density at radius 3 is 2.47 bits per heavy atom. The molecule has 1 saturated carbocycles. The first kappa shape index (κ1) is 14.4. The molecular weight excluding hydrogens is 238 g/mol. The molecule has 1 unspecified atom stereocenters. The van der Waals surface area contributed by atoms with Crippen LogP contribution in [0.3, 0.4) is 0 Å². The lowest BCUT2D eigenvalue weighted by atomic mass is 9.98. The minimum absolute atomic E-state index is 0.0439. The van der Waals surface area contributed by atoms with Crippen molar-refractivity contribution in [3.05, 3.63) is 29.8 Å². The van der Waals surface area contributed by atoms with E-state index in [1.54, 1.807) is 0 Å². The van der Waals surface area contributed by atoms with Gasteiger partial charge in [0.15, 0.2) is 0 Å². The largest absolute Gasteiger partial charge is 0.494 e. The Balaban J connectivity index is 1.79. The Kier molecular flexibility index (Phi) is 5.67. The molecule has 1 aromatic rings. The molecule has 0 bridgehead atoms. The second-order valence-electron chi connectivity index (χ2n) is 5.20. The van der Waals surface area contributed by atoms with Crippen molar-refractivity contribution < 1.29 is 9.47 Å². The molecule has 1 aliphatic rings. The third-order valence-electron chi connectivity index (χ3n) is 3.68. The van der Waals surface area contributed by atoms with Crippen LogP contribution >= 0.6 is 0 Å². The lowest BCUT2D eigenvalue weighted by Gasteiger charge is -2.24. The molecule has 0 aliphatic heterocycles. The van der Waals surface area contributed by atoms with Crippen LogP contribution in [0.15, 0.2) is 24.3 Å². The molecule has 2 N–H and O–H groups in total. The predicted molar refractivity (Wildman–Crippen MR) is 77.4 cm³/mol. The van der Waals surface area contributed by atoms with Gasteiger partial charge in [0.1, 0.15) is 5.75 Å². The summed E-state index contributed by atoms with van der Waals surface area (Å²) in [7, 11) is 0. The molecule has 3 heteroatoms. The topological polar surface area (TPSA) is 44.5 Å². The average molecular weight is 263 g/mol. The molecule has 0 radical (unpaired) electrons. The third-order valence-corrected chi connectivity index (χ3v) is 3.68. The van der Waals surface area contributed by atoms with Crippen LogP contribution in [0.5, 0.6) is 5.75 Å². The predicted octanol–water partition coefficient (Wildman–Crippen LogP) is 3.43. The summed E-state index contributed by atoms with van der Waals surface area (Å²) in [5.74, 6) is 0.895. The molecule has 106 valence electrons. The van der Waals surface area contributed by atoms with Gasteiger partial charge in [-0.1, -0.05) is 31.4 Å². The van der Waals surface area contributed by atoms with Crippen molar-refractivity contribution >= 4 is 0 Å². The maximum atomic E-state index is 6.17. The van der Waals surface area contributed by atoms with Crippen LogP contribution < -0.4 is 10.5 Å². The fourth-order valence-corrected chi connectivity index (χ4v) is 2.55. The number of benzene rings is 1. The van der Waals surface area contributed by atoms with Crippen LogP contribution in [0.2, 0.25) is 0 Å². The Morgan fingerprint density at radius 1 is 1.16 bits per heavy atom. The summed E-state index contributed by atoms with van der Waals surface area (Å²) in [5.41, 5.74) is 7.28. The Hall–Kier alpha value is -1.06. The highest BCUT2D eigenvalue weighted by atomic mass is 16.5. The lowest BCUT2D eigenvalue weighted by Crippen LogP contribution is -2.23. The van der Waals surface area contributed by atoms with E-state index >= 15 is 0 Å². The molecule has 2 rings (SSSR count). The van der Waals surface area contributed by atoms with Gasteiger partial charge in [0, 0.05) is 0 Å². The smallest absolute Gasteiger partial charge is 0.119 e. The van der Waals surface area contributed by atoms with Crippen LogP contribution in [-0.2, 0) is 4.74 Å². The minimum Gasteiger partial charge on any atom is -0.494 e. The Bertz CT molecular complexity index is 358. The van der Waals surface area contributed by atoms with Crippen molar-refractivity contribution in [2.75, 3.05) is 13.2 Å². The van der Waals surface area contributed by atoms with Gasteiger partial charge in [-0.25, -0.2) is 0 Å². The van der Waals surface area contributed by atoms with E-state index in [0.29, 0.717) is 19.3 Å². The quantitative estimate of drug-likeness (QED) is 0.855. The highest BCUT2D eigenvalue weighted by Crippen LogP contribution is 2.22. The summed E-state index contributed by atoms with van der Waals surface area (Å²) in [6, 6.07) is 7.95. The maximum absolute atomic E-state index is 6.17. The molecule has 19 heavy (non-hydrogen) atoms. The summed E-state index contributed by atoms with van der Waals surface area (Å²) >= 11 is 0. The van der Waals surface area contributed by atoms with Crippen molar-refractivity contribution in [1.82, 2.24) is 0 Å². The van der Waals surface area contributed by atoms with Gasteiger partial charge in [-0.3, -0.25) is 0 Å². The summed E-state index contributed by atoms with van der Waals surface area (Å²) in [6.45, 7) is 3.28. The molecule has 0 spiro atoms. The third kappa shape index (κ3) is 4.51. The second kappa shape index (κ2) is 7.51. The van der Waals surface area contributed by atoms with E-state index in [4.69, 9.17) is 15.2 Å². The number of hydrogen-bond acceptors (Lipinski definition) is 3. The first-order valence-electron chi connectivity index (χ1n) is 7.39. The van der Waals surface area contributed by atoms with E-state index in [0.717, 1.165) is 11.3 Å². The van der Waals surface area contributed by atoms with E-state index in [9.17, 15) is 0 Å². The Labute approximate surface area is 116 Å². The van der Waals surface area contributed by atoms with Crippen molar-refractivity contribution in [2.45, 2.75) is 51.2 Å². The molecule has 0 aromatic heterocycles. The van der Waals surface area contributed by atoms with Crippen LogP contribution in [-0.4, -0.2) is 19.3 Å². The monoisotopic (exact) mass is 263 g/mol. The van der Waals surface area contributed by atoms with E-state index in [2.05, 4.69) is 0 Å². The van der Waals surface area contributed by atoms with Gasteiger partial charge < -0.3 is 15.2 Å². The molecule has 1 fully saturated rings. The van der Waals surface area contributed by atoms with Crippen molar-refractivity contribution in [3.63, 3.8) is 0 Å². The van der Waals surface area contributed by atoms with E-state index in [1.807, 2.05) is 31.2 Å². The van der Waals surface area contributed by atoms with Crippen molar-refractivity contribution in [1.29, 1.82) is 0 Å². The highest BCUT2D eigenvalue weighted by molar-refractivity contribution is 5.29. The van der Waals surface area contributed by atoms with Gasteiger partial charge in [-0.15, -0.1) is 0 Å². The molecule has 1 aromatic carbocycles. The van der Waals surface area contributed by atoms with Crippen LogP contribution in [0.25, 0.3) is 0 Å². The average Bonchev–Trinajstić information content (AvgIpc) is 2.47. The fourth-order valence-electron chi connectivity index (χ4n) is 2.55. The number of ether oxygens (including phenoxy) is 2. The van der Waals surface area contributed by atoms with E-state index in [-0.39, 0.29) is 6.04 Å². The van der Waals surface area contributed by atoms with Crippen LogP contribution in [0, 0.1) is 0 Å². The SMILES string of the molecule is CCOc1ccc(C(N)COC2CCCCC2)cc1. The lowest BCUT2D eigenvalue weighted by molar-refractivity contribution is 0.0206. The van der Waals surface area contributed by atoms with E-state index in [1.165, 1.54) is 32.1 Å². The molecule has 0 amide bonds. The molecule has 0 heterocycles. The van der Waals surface area contributed by atoms with Gasteiger partial charge in [0.25, 0.3) is 0 Å². The summed E-state index contributed by atoms with van der Waals surface area (Å²) in [4.78, 5) is 0. The first-order chi connectivity index (χ1) is 9.29. The molecule has 1 atom stereocenters. The Morgan fingerprint density at radius 2 is 1.84 bits per heavy atom. The standard InChI is InChI=1S/C16H25NO2/c1-2-18-15-10-8-13(9-11-15)16(17)12-19-14-6-4-3-5-7-14/h8-11,14,16H,2-7,12,17H2,1H3. The number of nitrogens with two attached hydrogens (primary N) is 1. The second-order valence-corrected chi connectivity index (χ2v) is 5.20. The number of rotatable bonds is 6.